The molecule has 0 saturated carbocycles. The Kier molecular flexibility index (Phi) is 16.9. The summed E-state index contributed by atoms with van der Waals surface area (Å²) in [6.45, 7) is 9.39. The average Bonchev–Trinajstić information content (AvgIpc) is 4.13. The zero-order valence-corrected chi connectivity index (χ0v) is 39.2. The highest BCUT2D eigenvalue weighted by Gasteiger charge is 2.48. The first kappa shape index (κ1) is 48.5. The Hall–Kier alpha value is -4.96. The number of urea groups is 1. The molecule has 0 radical (unpaired) electrons. The average molecular weight is 947 g/mol. The monoisotopic (exact) mass is 946 g/mol. The number of nitrogens with one attached hydrogen (secondary N) is 3. The Labute approximate surface area is 393 Å². The van der Waals surface area contributed by atoms with Crippen LogP contribution in [-0.2, 0) is 81.1 Å². The number of hydrogen-bond acceptors (Lipinski definition) is 15. The number of cyclic esters (lactones) is 1. The number of para-hydroxylation sites is 1. The minimum atomic E-state index is -1.50. The number of fused-ring (bicyclic) bond motifs is 6. The molecule has 362 valence electrons. The van der Waals surface area contributed by atoms with Gasteiger partial charge in [0.05, 0.1) is 127 Å². The molecule has 67 heavy (non-hydrogen) atoms. The van der Waals surface area contributed by atoms with Gasteiger partial charge in [-0.15, -0.1) is 5.10 Å². The van der Waals surface area contributed by atoms with Gasteiger partial charge in [-0.3, -0.25) is 9.59 Å². The Morgan fingerprint density at radius 2 is 1.66 bits per heavy atom. The molecule has 2 saturated heterocycles. The van der Waals surface area contributed by atoms with Crippen LogP contribution in [0.4, 0.5) is 4.79 Å². The van der Waals surface area contributed by atoms with E-state index in [1.54, 1.807) is 15.4 Å². The number of aryl methyl sites for hydroxylation is 1. The van der Waals surface area contributed by atoms with E-state index in [9.17, 15) is 19.2 Å². The van der Waals surface area contributed by atoms with Crippen LogP contribution in [-0.4, -0.2) is 138 Å². The number of nitrogens with zero attached hydrogens (tertiary/aromatic N) is 5. The summed E-state index contributed by atoms with van der Waals surface area (Å²) in [5, 5.41) is 18.8. The number of rotatable bonds is 28. The summed E-state index contributed by atoms with van der Waals surface area (Å²) < 4.78 is 43.4. The van der Waals surface area contributed by atoms with Crippen molar-refractivity contribution in [2.45, 2.75) is 102 Å². The van der Waals surface area contributed by atoms with Crippen molar-refractivity contribution in [3.05, 3.63) is 74.8 Å². The zero-order chi connectivity index (χ0) is 46.6. The lowest BCUT2D eigenvalue weighted by Gasteiger charge is -2.36. The quantitative estimate of drug-likeness (QED) is 0.0372. The van der Waals surface area contributed by atoms with Crippen LogP contribution in [0.15, 0.2) is 41.3 Å². The summed E-state index contributed by atoms with van der Waals surface area (Å²) in [5.41, 5.74) is 4.23. The Balaban J connectivity index is 0.648. The topological polar surface area (TPSA) is 218 Å². The van der Waals surface area contributed by atoms with E-state index in [0.29, 0.717) is 120 Å². The van der Waals surface area contributed by atoms with Crippen molar-refractivity contribution in [3.8, 4) is 11.4 Å². The molecule has 0 unspecified atom stereocenters. The highest BCUT2D eigenvalue weighted by Crippen LogP contribution is 2.42. The second kappa shape index (κ2) is 23.4. The predicted molar refractivity (Wildman–Crippen MR) is 248 cm³/mol. The number of unbranched alkanes of at least 4 members (excludes halogenated alkanes) is 1. The van der Waals surface area contributed by atoms with E-state index in [4.69, 9.17) is 38.1 Å². The highest BCUT2D eigenvalue weighted by atomic mass is 32.2. The van der Waals surface area contributed by atoms with E-state index in [2.05, 4.69) is 39.3 Å². The lowest BCUT2D eigenvalue weighted by Crippen LogP contribution is -2.46. The molecule has 3 N–H and O–H groups in total. The Morgan fingerprint density at radius 3 is 2.40 bits per heavy atom. The predicted octanol–water partition coefficient (Wildman–Crippen LogP) is 3.38. The van der Waals surface area contributed by atoms with E-state index in [1.165, 1.54) is 5.56 Å². The van der Waals surface area contributed by atoms with Gasteiger partial charge >= 0.3 is 12.0 Å². The molecule has 4 atom stereocenters. The summed E-state index contributed by atoms with van der Waals surface area (Å²) >= 11 is 1.89. The summed E-state index contributed by atoms with van der Waals surface area (Å²) in [7, 11) is 0. The van der Waals surface area contributed by atoms with Crippen LogP contribution in [0.2, 0.25) is 0 Å². The molecule has 0 aliphatic carbocycles. The second-order valence-electron chi connectivity index (χ2n) is 16.9. The van der Waals surface area contributed by atoms with Crippen LogP contribution in [0.5, 0.6) is 0 Å². The van der Waals surface area contributed by atoms with Gasteiger partial charge in [-0.25, -0.2) is 19.3 Å². The maximum atomic E-state index is 14.0. The number of ether oxygens (including phenoxy) is 7. The number of thioether (sulfide) groups is 1. The maximum Gasteiger partial charge on any atom is 0.343 e. The van der Waals surface area contributed by atoms with Crippen molar-refractivity contribution in [1.82, 2.24) is 40.5 Å². The third-order valence-electron chi connectivity index (χ3n) is 12.7. The Bertz CT molecular complexity index is 2410. The van der Waals surface area contributed by atoms with Crippen LogP contribution in [0.3, 0.4) is 0 Å². The SMILES string of the molecule is CCc1c2c(nc3ccccc13)-c1cc3c(c(=O)n1C2)COC(=O)[C@@]3(CC)OCc1cn(CCOCCOCCOCCOCCOCCNC(=O)CCCC[C@@H]2SC[C@@H]3NC(=O)N[C@@H]32)nn1. The molecule has 4 aliphatic rings. The van der Waals surface area contributed by atoms with Gasteiger partial charge in [0.1, 0.15) is 12.3 Å². The van der Waals surface area contributed by atoms with Crippen LogP contribution in [0.1, 0.15) is 73.9 Å². The molecule has 4 aliphatic heterocycles. The van der Waals surface area contributed by atoms with Crippen LogP contribution in [0.25, 0.3) is 22.3 Å². The van der Waals surface area contributed by atoms with Crippen LogP contribution in [0, 0.1) is 0 Å². The van der Waals surface area contributed by atoms with E-state index >= 15 is 0 Å². The summed E-state index contributed by atoms with van der Waals surface area (Å²) in [6.07, 6.45) is 6.07. The minimum absolute atomic E-state index is 0.0218. The zero-order valence-electron chi connectivity index (χ0n) is 38.4. The van der Waals surface area contributed by atoms with E-state index in [0.717, 1.165) is 53.6 Å². The molecular weight excluding hydrogens is 885 g/mol. The van der Waals surface area contributed by atoms with Crippen molar-refractivity contribution in [1.29, 1.82) is 0 Å². The number of carbonyl (C=O) groups is 3. The third-order valence-corrected chi connectivity index (χ3v) is 14.2. The van der Waals surface area contributed by atoms with Gasteiger partial charge in [-0.2, -0.15) is 11.8 Å². The molecule has 0 bridgehead atoms. The standard InChI is InChI=1S/C47H62N8O11S/c1-3-32-33-9-5-6-10-37(33)49-42-34(32)27-55-39(42)25-36-35(44(55)57)29-65-45(58)47(36,4-2)66-28-31-26-54(53-52-31)14-16-61-18-20-63-22-24-64-23-21-62-19-17-60-15-13-48-41(56)12-8-7-11-40-43-38(30-67-40)50-46(59)51-43/h5-6,9-10,25-26,38,40,43H,3-4,7-8,11-24,27-30H2,1-2H3,(H,48,56)(H2,50,51,59)/t38-,40-,43-,47-/m0/s1. The number of aromatic nitrogens is 5. The Morgan fingerprint density at radius 1 is 0.925 bits per heavy atom. The number of pyridine rings is 2. The van der Waals surface area contributed by atoms with Gasteiger partial charge in [-0.05, 0) is 43.4 Å². The summed E-state index contributed by atoms with van der Waals surface area (Å²) in [4.78, 5) is 56.2. The van der Waals surface area contributed by atoms with Crippen molar-refractivity contribution in [2.75, 3.05) is 78.4 Å². The molecule has 8 rings (SSSR count). The molecule has 7 heterocycles. The summed E-state index contributed by atoms with van der Waals surface area (Å²) in [6, 6.07) is 10.3. The van der Waals surface area contributed by atoms with Crippen LogP contribution >= 0.6 is 11.8 Å². The first-order valence-corrected chi connectivity index (χ1v) is 24.6. The molecule has 20 heteroatoms. The largest absolute Gasteiger partial charge is 0.458 e. The van der Waals surface area contributed by atoms with Gasteiger partial charge < -0.3 is 53.7 Å². The lowest BCUT2D eigenvalue weighted by molar-refractivity contribution is -0.183. The highest BCUT2D eigenvalue weighted by molar-refractivity contribution is 8.00. The van der Waals surface area contributed by atoms with Crippen LogP contribution < -0.4 is 21.5 Å². The number of hydrogen-bond donors (Lipinski definition) is 3. The molecule has 3 aromatic heterocycles. The van der Waals surface area contributed by atoms with Crippen molar-refractivity contribution >= 4 is 40.6 Å². The van der Waals surface area contributed by atoms with Crippen molar-refractivity contribution in [3.63, 3.8) is 0 Å². The van der Waals surface area contributed by atoms with Gasteiger partial charge in [0.25, 0.3) is 5.56 Å². The van der Waals surface area contributed by atoms with Crippen molar-refractivity contribution in [2.24, 2.45) is 0 Å². The number of esters is 1. The lowest BCUT2D eigenvalue weighted by atomic mass is 9.85. The summed E-state index contributed by atoms with van der Waals surface area (Å²) in [5.74, 6) is 0.436. The fourth-order valence-corrected chi connectivity index (χ4v) is 10.8. The van der Waals surface area contributed by atoms with Gasteiger partial charge in [0.15, 0.2) is 5.60 Å². The first-order valence-electron chi connectivity index (χ1n) is 23.5. The molecule has 2 fully saturated rings. The molecule has 3 amide bonds. The van der Waals surface area contributed by atoms with Gasteiger partial charge in [0.2, 0.25) is 5.91 Å². The normalized spacial score (nSPS) is 20.3. The maximum absolute atomic E-state index is 14.0. The molecule has 4 aromatic rings. The van der Waals surface area contributed by atoms with E-state index < -0.39 is 11.6 Å². The number of amides is 3. The minimum Gasteiger partial charge on any atom is -0.458 e. The van der Waals surface area contributed by atoms with Gasteiger partial charge in [-0.1, -0.05) is 43.7 Å². The fourth-order valence-electron chi connectivity index (χ4n) is 9.22. The molecule has 1 aromatic carbocycles. The van der Waals surface area contributed by atoms with Gasteiger partial charge in [0, 0.05) is 40.5 Å². The van der Waals surface area contributed by atoms with Crippen molar-refractivity contribution < 1.29 is 47.5 Å². The van der Waals surface area contributed by atoms with E-state index in [1.807, 2.05) is 43.0 Å². The first-order chi connectivity index (χ1) is 32.8. The fraction of sp³-hybridized carbons (Fsp3) is 0.596. The number of carbonyl (C=O) groups excluding carboxylic acids is 3. The molecule has 19 nitrogen and oxygen atoms in total. The smallest absolute Gasteiger partial charge is 0.343 e. The third kappa shape index (κ3) is 11.5. The molecular formula is C47H62N8O11S. The second-order valence-corrected chi connectivity index (χ2v) is 18.2. The molecule has 0 spiro atoms. The van der Waals surface area contributed by atoms with E-state index in [-0.39, 0.29) is 49.2 Å². The number of benzene rings is 1.